The first-order valence-electron chi connectivity index (χ1n) is 8.49. The summed E-state index contributed by atoms with van der Waals surface area (Å²) < 4.78 is 33.0. The molecule has 1 N–H and O–H groups in total. The highest BCUT2D eigenvalue weighted by Gasteiger charge is 2.26. The minimum Gasteiger partial charge on any atom is -0.380 e. The van der Waals surface area contributed by atoms with Gasteiger partial charge in [-0.05, 0) is 50.2 Å². The minimum atomic E-state index is -3.54. The number of hydrogen-bond donors (Lipinski definition) is 1. The summed E-state index contributed by atoms with van der Waals surface area (Å²) in [4.78, 5) is 16.2. The fourth-order valence-electron chi connectivity index (χ4n) is 3.19. The molecule has 8 heteroatoms. The molecule has 1 saturated heterocycles. The lowest BCUT2D eigenvalue weighted by atomic mass is 10.00. The van der Waals surface area contributed by atoms with Crippen LogP contribution < -0.4 is 4.72 Å². The number of sulfonamides is 1. The summed E-state index contributed by atoms with van der Waals surface area (Å²) in [7, 11) is 0.201. The van der Waals surface area contributed by atoms with Crippen molar-refractivity contribution in [3.8, 4) is 0 Å². The Kier molecular flexibility index (Phi) is 5.43. The molecule has 0 spiro atoms. The van der Waals surface area contributed by atoms with E-state index in [4.69, 9.17) is 4.74 Å². The van der Waals surface area contributed by atoms with E-state index in [0.29, 0.717) is 45.7 Å². The number of ether oxygens (including phenoxy) is 1. The van der Waals surface area contributed by atoms with Crippen molar-refractivity contribution in [3.63, 3.8) is 0 Å². The third-order valence-corrected chi connectivity index (χ3v) is 6.07. The lowest BCUT2D eigenvalue weighted by molar-refractivity contribution is -0.132. The molecule has 1 amide bonds. The highest BCUT2D eigenvalue weighted by Crippen LogP contribution is 2.23. The molecule has 1 unspecified atom stereocenters. The van der Waals surface area contributed by atoms with Gasteiger partial charge >= 0.3 is 0 Å². The standard InChI is InChI=1S/C17H25N3O4S/c1-19(2)11-17(21)20-7-5-13-9-16(4-3-14(13)10-20)25(22,23)18-15-6-8-24-12-15/h3-4,9,15,18H,5-8,10-12H2,1-2H3. The fourth-order valence-corrected chi connectivity index (χ4v) is 4.50. The Labute approximate surface area is 149 Å². The molecule has 0 saturated carbocycles. The molecule has 0 aromatic heterocycles. The quantitative estimate of drug-likeness (QED) is 0.804. The van der Waals surface area contributed by atoms with Gasteiger partial charge in [0.05, 0.1) is 18.0 Å². The third kappa shape index (κ3) is 4.38. The lowest BCUT2D eigenvalue weighted by Gasteiger charge is -2.30. The molecule has 0 radical (unpaired) electrons. The van der Waals surface area contributed by atoms with Crippen molar-refractivity contribution in [3.05, 3.63) is 29.3 Å². The second kappa shape index (κ2) is 7.41. The first-order chi connectivity index (χ1) is 11.8. The van der Waals surface area contributed by atoms with Crippen LogP contribution in [0.1, 0.15) is 17.5 Å². The Hall–Kier alpha value is -1.48. The van der Waals surface area contributed by atoms with Gasteiger partial charge in [-0.15, -0.1) is 0 Å². The van der Waals surface area contributed by atoms with Crippen LogP contribution >= 0.6 is 0 Å². The van der Waals surface area contributed by atoms with Gasteiger partial charge in [-0.25, -0.2) is 13.1 Å². The van der Waals surface area contributed by atoms with E-state index < -0.39 is 10.0 Å². The summed E-state index contributed by atoms with van der Waals surface area (Å²) in [5.74, 6) is 0.0928. The molecule has 7 nitrogen and oxygen atoms in total. The molecule has 25 heavy (non-hydrogen) atoms. The van der Waals surface area contributed by atoms with Gasteiger partial charge in [-0.3, -0.25) is 4.79 Å². The molecule has 2 heterocycles. The molecular weight excluding hydrogens is 342 g/mol. The number of likely N-dealkylation sites (N-methyl/N-ethyl adjacent to an activating group) is 1. The van der Waals surface area contributed by atoms with Crippen LogP contribution in [0.15, 0.2) is 23.1 Å². The summed E-state index contributed by atoms with van der Waals surface area (Å²) >= 11 is 0. The molecule has 1 aromatic carbocycles. The molecule has 138 valence electrons. The molecule has 1 fully saturated rings. The van der Waals surface area contributed by atoms with Crippen molar-refractivity contribution in [2.24, 2.45) is 0 Å². The van der Waals surface area contributed by atoms with Crippen molar-refractivity contribution >= 4 is 15.9 Å². The Morgan fingerprint density at radius 2 is 2.16 bits per heavy atom. The first kappa shape index (κ1) is 18.3. The number of amides is 1. The third-order valence-electron chi connectivity index (χ3n) is 4.56. The van der Waals surface area contributed by atoms with E-state index in [-0.39, 0.29) is 16.8 Å². The Bertz CT molecular complexity index is 742. The summed E-state index contributed by atoms with van der Waals surface area (Å²) in [5, 5.41) is 0. The number of rotatable bonds is 5. The summed E-state index contributed by atoms with van der Waals surface area (Å²) in [6.45, 7) is 2.55. The monoisotopic (exact) mass is 367 g/mol. The zero-order chi connectivity index (χ0) is 18.0. The maximum absolute atomic E-state index is 12.5. The summed E-state index contributed by atoms with van der Waals surface area (Å²) in [5.41, 5.74) is 2.01. The predicted molar refractivity (Wildman–Crippen MR) is 93.7 cm³/mol. The van der Waals surface area contributed by atoms with Crippen molar-refractivity contribution in [1.82, 2.24) is 14.5 Å². The van der Waals surface area contributed by atoms with Gasteiger partial charge in [0.2, 0.25) is 15.9 Å². The van der Waals surface area contributed by atoms with Crippen LogP contribution in [-0.2, 0) is 32.5 Å². The topological polar surface area (TPSA) is 79.0 Å². The van der Waals surface area contributed by atoms with E-state index in [0.717, 1.165) is 11.1 Å². The average molecular weight is 367 g/mol. The molecule has 1 aromatic rings. The molecule has 2 aliphatic rings. The van der Waals surface area contributed by atoms with Crippen molar-refractivity contribution < 1.29 is 17.9 Å². The van der Waals surface area contributed by atoms with Crippen molar-refractivity contribution in [2.75, 3.05) is 40.4 Å². The molecule has 1 atom stereocenters. The number of carbonyl (C=O) groups excluding carboxylic acids is 1. The number of nitrogens with zero attached hydrogens (tertiary/aromatic N) is 2. The number of nitrogens with one attached hydrogen (secondary N) is 1. The van der Waals surface area contributed by atoms with E-state index in [1.165, 1.54) is 0 Å². The number of carbonyl (C=O) groups is 1. The molecule has 0 bridgehead atoms. The van der Waals surface area contributed by atoms with E-state index >= 15 is 0 Å². The Balaban J connectivity index is 1.72. The van der Waals surface area contributed by atoms with Gasteiger partial charge in [-0.1, -0.05) is 6.07 Å². The van der Waals surface area contributed by atoms with Crippen molar-refractivity contribution in [1.29, 1.82) is 0 Å². The van der Waals surface area contributed by atoms with E-state index in [2.05, 4.69) is 4.72 Å². The summed E-state index contributed by atoms with van der Waals surface area (Å²) in [6.07, 6.45) is 1.37. The second-order valence-corrected chi connectivity index (χ2v) is 8.63. The van der Waals surface area contributed by atoms with Crippen LogP contribution in [0.5, 0.6) is 0 Å². The maximum atomic E-state index is 12.5. The highest BCUT2D eigenvalue weighted by molar-refractivity contribution is 7.89. The smallest absolute Gasteiger partial charge is 0.240 e. The number of benzene rings is 1. The number of hydrogen-bond acceptors (Lipinski definition) is 5. The van der Waals surface area contributed by atoms with Crippen LogP contribution in [0.4, 0.5) is 0 Å². The van der Waals surface area contributed by atoms with Gasteiger partial charge in [0.15, 0.2) is 0 Å². The molecule has 3 rings (SSSR count). The van der Waals surface area contributed by atoms with Gasteiger partial charge < -0.3 is 14.5 Å². The zero-order valence-corrected chi connectivity index (χ0v) is 15.5. The lowest BCUT2D eigenvalue weighted by Crippen LogP contribution is -2.41. The molecular formula is C17H25N3O4S. The van der Waals surface area contributed by atoms with Crippen LogP contribution in [0.25, 0.3) is 0 Å². The SMILES string of the molecule is CN(C)CC(=O)N1CCc2cc(S(=O)(=O)NC3CCOC3)ccc2C1. The average Bonchev–Trinajstić information content (AvgIpc) is 3.05. The van der Waals surface area contributed by atoms with Crippen LogP contribution in [0.3, 0.4) is 0 Å². The van der Waals surface area contributed by atoms with Crippen LogP contribution in [0, 0.1) is 0 Å². The predicted octanol–water partition coefficient (Wildman–Crippen LogP) is 0.200. The van der Waals surface area contributed by atoms with Gasteiger partial charge in [0.25, 0.3) is 0 Å². The van der Waals surface area contributed by atoms with Crippen molar-refractivity contribution in [2.45, 2.75) is 30.3 Å². The molecule has 2 aliphatic heterocycles. The second-order valence-electron chi connectivity index (χ2n) is 6.92. The van der Waals surface area contributed by atoms with Gasteiger partial charge in [0.1, 0.15) is 0 Å². The maximum Gasteiger partial charge on any atom is 0.240 e. The first-order valence-corrected chi connectivity index (χ1v) is 9.98. The van der Waals surface area contributed by atoms with Crippen LogP contribution in [0.2, 0.25) is 0 Å². The largest absolute Gasteiger partial charge is 0.380 e. The normalized spacial score (nSPS) is 20.8. The van der Waals surface area contributed by atoms with Crippen LogP contribution in [-0.4, -0.2) is 70.6 Å². The van der Waals surface area contributed by atoms with E-state index in [9.17, 15) is 13.2 Å². The van der Waals surface area contributed by atoms with Gasteiger partial charge in [-0.2, -0.15) is 0 Å². The van der Waals surface area contributed by atoms with E-state index in [1.807, 2.05) is 30.0 Å². The Morgan fingerprint density at radius 3 is 2.84 bits per heavy atom. The van der Waals surface area contributed by atoms with Gasteiger partial charge in [0, 0.05) is 25.7 Å². The number of fused-ring (bicyclic) bond motifs is 1. The molecule has 0 aliphatic carbocycles. The zero-order valence-electron chi connectivity index (χ0n) is 14.7. The summed E-state index contributed by atoms with van der Waals surface area (Å²) in [6, 6.07) is 5.03. The van der Waals surface area contributed by atoms with E-state index in [1.54, 1.807) is 12.1 Å². The fraction of sp³-hybridized carbons (Fsp3) is 0.588. The Morgan fingerprint density at radius 1 is 1.36 bits per heavy atom. The highest BCUT2D eigenvalue weighted by atomic mass is 32.2. The minimum absolute atomic E-state index is 0.0928.